The lowest BCUT2D eigenvalue weighted by Gasteiger charge is -2.20. The van der Waals surface area contributed by atoms with Gasteiger partial charge < -0.3 is 15.2 Å². The van der Waals surface area contributed by atoms with E-state index in [2.05, 4.69) is 39.9 Å². The molecule has 122 valence electrons. The maximum absolute atomic E-state index is 9.90. The first-order chi connectivity index (χ1) is 9.45. The second kappa shape index (κ2) is 12.6. The van der Waals surface area contributed by atoms with E-state index in [0.29, 0.717) is 25.1 Å². The van der Waals surface area contributed by atoms with Crippen LogP contribution in [0.3, 0.4) is 0 Å². The molecular weight excluding hydrogens is 250 g/mol. The summed E-state index contributed by atoms with van der Waals surface area (Å²) in [5, 5.41) is 13.3. The van der Waals surface area contributed by atoms with Crippen LogP contribution in [0, 0.1) is 5.92 Å². The Hall–Kier alpha value is -0.120. The lowest BCUT2D eigenvalue weighted by molar-refractivity contribution is -0.00919. The van der Waals surface area contributed by atoms with Crippen molar-refractivity contribution in [1.29, 1.82) is 0 Å². The predicted molar refractivity (Wildman–Crippen MR) is 87.1 cm³/mol. The van der Waals surface area contributed by atoms with Crippen molar-refractivity contribution in [3.05, 3.63) is 0 Å². The average molecular weight is 287 g/mol. The van der Waals surface area contributed by atoms with Crippen molar-refractivity contribution in [3.8, 4) is 0 Å². The third-order valence-corrected chi connectivity index (χ3v) is 3.57. The Labute approximate surface area is 126 Å². The molecule has 3 unspecified atom stereocenters. The molecule has 0 aromatic rings. The van der Waals surface area contributed by atoms with Crippen LogP contribution in [0.2, 0.25) is 0 Å². The van der Waals surface area contributed by atoms with Gasteiger partial charge in [0.05, 0.1) is 18.8 Å². The van der Waals surface area contributed by atoms with Crippen molar-refractivity contribution < 1.29 is 9.84 Å². The quantitative estimate of drug-likeness (QED) is 0.507. The Bertz CT molecular complexity index is 209. The van der Waals surface area contributed by atoms with Crippen LogP contribution < -0.4 is 5.32 Å². The van der Waals surface area contributed by atoms with Gasteiger partial charge >= 0.3 is 0 Å². The van der Waals surface area contributed by atoms with Crippen LogP contribution in [0.25, 0.3) is 0 Å². The topological polar surface area (TPSA) is 41.5 Å². The molecular formula is C17H37NO2. The number of hydrogen-bond acceptors (Lipinski definition) is 3. The van der Waals surface area contributed by atoms with E-state index in [1.54, 1.807) is 0 Å². The van der Waals surface area contributed by atoms with Gasteiger partial charge in [0.15, 0.2) is 0 Å². The van der Waals surface area contributed by atoms with E-state index < -0.39 is 6.10 Å². The molecule has 2 N–H and O–H groups in total. The Morgan fingerprint density at radius 3 is 2.35 bits per heavy atom. The van der Waals surface area contributed by atoms with E-state index in [0.717, 1.165) is 6.42 Å². The molecule has 0 radical (unpaired) electrons. The molecule has 0 aliphatic rings. The summed E-state index contributed by atoms with van der Waals surface area (Å²) in [4.78, 5) is 0. The molecule has 0 amide bonds. The normalized spacial score (nSPS) is 16.4. The van der Waals surface area contributed by atoms with Crippen LogP contribution in [-0.4, -0.2) is 36.5 Å². The number of unbranched alkanes of at least 4 members (excludes halogenated alkanes) is 3. The van der Waals surface area contributed by atoms with Gasteiger partial charge in [-0.1, -0.05) is 46.5 Å². The van der Waals surface area contributed by atoms with E-state index in [1.807, 2.05) is 0 Å². The molecule has 0 saturated carbocycles. The number of ether oxygens (including phenoxy) is 1. The molecule has 3 nitrogen and oxygen atoms in total. The van der Waals surface area contributed by atoms with Crippen molar-refractivity contribution in [2.24, 2.45) is 5.92 Å². The van der Waals surface area contributed by atoms with Crippen LogP contribution >= 0.6 is 0 Å². The van der Waals surface area contributed by atoms with Crippen molar-refractivity contribution in [1.82, 2.24) is 5.32 Å². The zero-order valence-corrected chi connectivity index (χ0v) is 14.3. The zero-order chi connectivity index (χ0) is 15.4. The van der Waals surface area contributed by atoms with Crippen LogP contribution in [0.1, 0.15) is 73.1 Å². The molecule has 0 aliphatic heterocycles. The number of rotatable bonds is 13. The summed E-state index contributed by atoms with van der Waals surface area (Å²) in [5.74, 6) is 0.642. The molecule has 0 aromatic heterocycles. The average Bonchev–Trinajstić information content (AvgIpc) is 2.38. The smallest absolute Gasteiger partial charge is 0.0897 e. The summed E-state index contributed by atoms with van der Waals surface area (Å²) >= 11 is 0. The summed E-state index contributed by atoms with van der Waals surface area (Å²) in [7, 11) is 0. The van der Waals surface area contributed by atoms with Gasteiger partial charge in [0, 0.05) is 12.6 Å². The van der Waals surface area contributed by atoms with E-state index in [1.165, 1.54) is 32.1 Å². The SMILES string of the molecule is CCCCCCC(C)NCC(O)COC(C)CC(C)C. The molecule has 0 aromatic carbocycles. The van der Waals surface area contributed by atoms with Crippen molar-refractivity contribution in [2.45, 2.75) is 91.4 Å². The lowest BCUT2D eigenvalue weighted by atomic mass is 10.1. The molecule has 0 spiro atoms. The van der Waals surface area contributed by atoms with Crippen LogP contribution in [0.15, 0.2) is 0 Å². The van der Waals surface area contributed by atoms with E-state index >= 15 is 0 Å². The standard InChI is InChI=1S/C17H37NO2/c1-6-7-8-9-10-15(4)18-12-17(19)13-20-16(5)11-14(2)3/h14-19H,6-13H2,1-5H3. The van der Waals surface area contributed by atoms with Gasteiger partial charge in [-0.25, -0.2) is 0 Å². The molecule has 0 aliphatic carbocycles. The first-order valence-corrected chi connectivity index (χ1v) is 8.48. The minimum absolute atomic E-state index is 0.233. The third-order valence-electron chi connectivity index (χ3n) is 3.57. The fraction of sp³-hybridized carbons (Fsp3) is 1.00. The number of aliphatic hydroxyl groups excluding tert-OH is 1. The van der Waals surface area contributed by atoms with Gasteiger partial charge in [-0.3, -0.25) is 0 Å². The van der Waals surface area contributed by atoms with E-state index in [4.69, 9.17) is 4.74 Å². The maximum atomic E-state index is 9.90. The predicted octanol–water partition coefficient (Wildman–Crippen LogP) is 3.75. The van der Waals surface area contributed by atoms with Gasteiger partial charge in [0.2, 0.25) is 0 Å². The fourth-order valence-corrected chi connectivity index (χ4v) is 2.38. The fourth-order valence-electron chi connectivity index (χ4n) is 2.38. The summed E-state index contributed by atoms with van der Waals surface area (Å²) in [6.45, 7) is 12.0. The first-order valence-electron chi connectivity index (χ1n) is 8.48. The van der Waals surface area contributed by atoms with Gasteiger partial charge in [-0.2, -0.15) is 0 Å². The summed E-state index contributed by atoms with van der Waals surface area (Å²) in [5.41, 5.74) is 0. The lowest BCUT2D eigenvalue weighted by Crippen LogP contribution is -2.36. The highest BCUT2D eigenvalue weighted by atomic mass is 16.5. The highest BCUT2D eigenvalue weighted by Crippen LogP contribution is 2.08. The highest BCUT2D eigenvalue weighted by molar-refractivity contribution is 4.66. The van der Waals surface area contributed by atoms with Crippen molar-refractivity contribution in [3.63, 3.8) is 0 Å². The highest BCUT2D eigenvalue weighted by Gasteiger charge is 2.10. The molecule has 0 rings (SSSR count). The second-order valence-electron chi connectivity index (χ2n) is 6.59. The molecule has 0 fully saturated rings. The second-order valence-corrected chi connectivity index (χ2v) is 6.59. The minimum Gasteiger partial charge on any atom is -0.389 e. The van der Waals surface area contributed by atoms with Crippen LogP contribution in [0.5, 0.6) is 0 Å². The van der Waals surface area contributed by atoms with Crippen LogP contribution in [-0.2, 0) is 4.74 Å². The number of hydrogen-bond donors (Lipinski definition) is 2. The summed E-state index contributed by atoms with van der Waals surface area (Å²) in [6, 6.07) is 0.481. The first kappa shape index (κ1) is 19.9. The molecule has 3 heteroatoms. The largest absolute Gasteiger partial charge is 0.389 e. The van der Waals surface area contributed by atoms with Crippen molar-refractivity contribution in [2.75, 3.05) is 13.2 Å². The summed E-state index contributed by atoms with van der Waals surface area (Å²) in [6.07, 6.45) is 7.29. The van der Waals surface area contributed by atoms with Crippen LogP contribution in [0.4, 0.5) is 0 Å². The van der Waals surface area contributed by atoms with E-state index in [-0.39, 0.29) is 6.10 Å². The molecule has 0 bridgehead atoms. The Morgan fingerprint density at radius 1 is 1.05 bits per heavy atom. The Morgan fingerprint density at radius 2 is 1.75 bits per heavy atom. The number of aliphatic hydroxyl groups is 1. The van der Waals surface area contributed by atoms with Gasteiger partial charge in [0.1, 0.15) is 0 Å². The monoisotopic (exact) mass is 287 g/mol. The Balaban J connectivity index is 3.53. The minimum atomic E-state index is -0.400. The molecule has 0 heterocycles. The number of nitrogens with one attached hydrogen (secondary N) is 1. The maximum Gasteiger partial charge on any atom is 0.0897 e. The molecule has 0 saturated heterocycles. The van der Waals surface area contributed by atoms with Gasteiger partial charge in [0.25, 0.3) is 0 Å². The summed E-state index contributed by atoms with van der Waals surface area (Å²) < 4.78 is 5.67. The van der Waals surface area contributed by atoms with Gasteiger partial charge in [-0.05, 0) is 32.6 Å². The molecule has 3 atom stereocenters. The zero-order valence-electron chi connectivity index (χ0n) is 14.3. The third kappa shape index (κ3) is 12.9. The van der Waals surface area contributed by atoms with Gasteiger partial charge in [-0.15, -0.1) is 0 Å². The van der Waals surface area contributed by atoms with Crippen molar-refractivity contribution >= 4 is 0 Å². The molecule has 20 heavy (non-hydrogen) atoms. The Kier molecular flexibility index (Phi) is 12.5. The van der Waals surface area contributed by atoms with E-state index in [9.17, 15) is 5.11 Å².